The molecule has 3 heterocycles. The molecule has 2 aliphatic rings. The Kier molecular flexibility index (Phi) is 4.58. The van der Waals surface area contributed by atoms with E-state index in [4.69, 9.17) is 0 Å². The van der Waals surface area contributed by atoms with Crippen molar-refractivity contribution in [2.45, 2.75) is 38.0 Å². The molecule has 0 aliphatic carbocycles. The number of hydrogen-bond donors (Lipinski definition) is 2. The number of para-hydroxylation sites is 1. The predicted octanol–water partition coefficient (Wildman–Crippen LogP) is 1.70. The Morgan fingerprint density at radius 1 is 1.20 bits per heavy atom. The van der Waals surface area contributed by atoms with E-state index in [9.17, 15) is 14.3 Å². The molecule has 5 nitrogen and oxygen atoms in total. The Balaban J connectivity index is 1.52. The Morgan fingerprint density at radius 2 is 2.00 bits per heavy atom. The van der Waals surface area contributed by atoms with Crippen molar-refractivity contribution in [1.29, 1.82) is 0 Å². The van der Waals surface area contributed by atoms with E-state index in [2.05, 4.69) is 14.8 Å². The van der Waals surface area contributed by atoms with Crippen LogP contribution in [0.25, 0.3) is 10.9 Å². The van der Waals surface area contributed by atoms with Gasteiger partial charge in [-0.2, -0.15) is 0 Å². The zero-order chi connectivity index (χ0) is 17.4. The van der Waals surface area contributed by atoms with Gasteiger partial charge in [-0.25, -0.2) is 4.39 Å². The minimum atomic E-state index is -0.413. The van der Waals surface area contributed by atoms with Gasteiger partial charge in [-0.1, -0.05) is 12.5 Å². The van der Waals surface area contributed by atoms with Crippen LogP contribution in [-0.2, 0) is 6.54 Å². The first-order valence-electron chi connectivity index (χ1n) is 9.07. The molecule has 0 spiro atoms. The maximum Gasteiger partial charge on any atom is 0.189 e. The van der Waals surface area contributed by atoms with Crippen molar-refractivity contribution >= 4 is 10.9 Å². The van der Waals surface area contributed by atoms with E-state index < -0.39 is 5.82 Å². The van der Waals surface area contributed by atoms with Crippen molar-refractivity contribution < 1.29 is 9.50 Å². The van der Waals surface area contributed by atoms with Gasteiger partial charge in [0.1, 0.15) is 5.82 Å². The molecule has 134 valence electrons. The molecule has 2 fully saturated rings. The van der Waals surface area contributed by atoms with Crippen LogP contribution in [0.2, 0.25) is 0 Å². The number of aromatic amines is 1. The molecule has 0 unspecified atom stereocenters. The molecular weight excluding hydrogens is 321 g/mol. The summed E-state index contributed by atoms with van der Waals surface area (Å²) in [5.41, 5.74) is 0.780. The van der Waals surface area contributed by atoms with Gasteiger partial charge in [-0.3, -0.25) is 14.6 Å². The summed E-state index contributed by atoms with van der Waals surface area (Å²) in [6.07, 6.45) is 3.29. The summed E-state index contributed by atoms with van der Waals surface area (Å²) >= 11 is 0. The average molecular weight is 345 g/mol. The zero-order valence-corrected chi connectivity index (χ0v) is 14.2. The lowest BCUT2D eigenvalue weighted by Gasteiger charge is -2.33. The van der Waals surface area contributed by atoms with Gasteiger partial charge in [0.15, 0.2) is 5.43 Å². The number of aliphatic hydroxyl groups is 1. The predicted molar refractivity (Wildman–Crippen MR) is 95.0 cm³/mol. The number of nitrogens with one attached hydrogen (secondary N) is 1. The first kappa shape index (κ1) is 16.7. The number of piperidine rings is 1. The maximum absolute atomic E-state index is 14.0. The van der Waals surface area contributed by atoms with Gasteiger partial charge >= 0.3 is 0 Å². The third-order valence-electron chi connectivity index (χ3n) is 5.46. The van der Waals surface area contributed by atoms with Crippen molar-refractivity contribution in [3.8, 4) is 0 Å². The highest BCUT2D eigenvalue weighted by atomic mass is 19.1. The SMILES string of the molecule is O=c1cc(CN2C[C@@H](O)[C@H](N3CCCCC3)C2)[nH]c2c(F)cccc12. The van der Waals surface area contributed by atoms with Gasteiger partial charge in [-0.15, -0.1) is 0 Å². The van der Waals surface area contributed by atoms with Gasteiger partial charge in [0.2, 0.25) is 0 Å². The van der Waals surface area contributed by atoms with Crippen LogP contribution >= 0.6 is 0 Å². The van der Waals surface area contributed by atoms with Crippen LogP contribution in [0.15, 0.2) is 29.1 Å². The van der Waals surface area contributed by atoms with E-state index >= 15 is 0 Å². The summed E-state index contributed by atoms with van der Waals surface area (Å²) in [6.45, 7) is 3.97. The molecule has 0 radical (unpaired) electrons. The highest BCUT2D eigenvalue weighted by molar-refractivity contribution is 5.78. The van der Waals surface area contributed by atoms with E-state index in [-0.39, 0.29) is 23.1 Å². The molecule has 2 aromatic rings. The molecule has 0 amide bonds. The van der Waals surface area contributed by atoms with E-state index in [1.165, 1.54) is 25.3 Å². The van der Waals surface area contributed by atoms with Crippen molar-refractivity contribution in [2.24, 2.45) is 0 Å². The Bertz CT molecular complexity index is 816. The van der Waals surface area contributed by atoms with E-state index in [0.29, 0.717) is 24.2 Å². The number of H-pyrrole nitrogens is 1. The molecule has 2 aliphatic heterocycles. The lowest BCUT2D eigenvalue weighted by molar-refractivity contribution is 0.0706. The van der Waals surface area contributed by atoms with Crippen LogP contribution in [0.3, 0.4) is 0 Å². The molecule has 0 bridgehead atoms. The number of likely N-dealkylation sites (tertiary alicyclic amines) is 2. The maximum atomic E-state index is 14.0. The normalized spacial score (nSPS) is 25.7. The number of rotatable bonds is 3. The van der Waals surface area contributed by atoms with Crippen molar-refractivity contribution in [3.05, 3.63) is 46.0 Å². The molecule has 0 saturated carbocycles. The summed E-state index contributed by atoms with van der Waals surface area (Å²) in [5.74, 6) is -0.413. The summed E-state index contributed by atoms with van der Waals surface area (Å²) in [6, 6.07) is 6.24. The molecule has 1 aromatic heterocycles. The number of benzene rings is 1. The van der Waals surface area contributed by atoms with Crippen LogP contribution in [0, 0.1) is 5.82 Å². The summed E-state index contributed by atoms with van der Waals surface area (Å²) in [7, 11) is 0. The van der Waals surface area contributed by atoms with Gasteiger partial charge in [-0.05, 0) is 38.1 Å². The third kappa shape index (κ3) is 3.34. The van der Waals surface area contributed by atoms with Crippen LogP contribution in [0.4, 0.5) is 4.39 Å². The Morgan fingerprint density at radius 3 is 2.80 bits per heavy atom. The molecule has 2 N–H and O–H groups in total. The summed E-state index contributed by atoms with van der Waals surface area (Å²) < 4.78 is 14.0. The highest BCUT2D eigenvalue weighted by Gasteiger charge is 2.35. The second-order valence-electron chi connectivity index (χ2n) is 7.25. The third-order valence-corrected chi connectivity index (χ3v) is 5.46. The average Bonchev–Trinajstić information content (AvgIpc) is 2.97. The second kappa shape index (κ2) is 6.86. The Labute approximate surface area is 146 Å². The number of pyridine rings is 1. The summed E-state index contributed by atoms with van der Waals surface area (Å²) in [5, 5.41) is 10.8. The smallest absolute Gasteiger partial charge is 0.189 e. The van der Waals surface area contributed by atoms with Gasteiger partial charge in [0.25, 0.3) is 0 Å². The van der Waals surface area contributed by atoms with E-state index in [1.807, 2.05) is 0 Å². The van der Waals surface area contributed by atoms with E-state index in [1.54, 1.807) is 18.2 Å². The summed E-state index contributed by atoms with van der Waals surface area (Å²) in [4.78, 5) is 19.8. The highest BCUT2D eigenvalue weighted by Crippen LogP contribution is 2.22. The number of β-amino-alcohol motifs (C(OH)–C–C–N with tert-alkyl or cyclic N) is 1. The quantitative estimate of drug-likeness (QED) is 0.889. The lowest BCUT2D eigenvalue weighted by Crippen LogP contribution is -2.45. The molecule has 6 heteroatoms. The number of aliphatic hydroxyl groups excluding tert-OH is 1. The fourth-order valence-corrected chi connectivity index (χ4v) is 4.20. The fourth-order valence-electron chi connectivity index (χ4n) is 4.20. The standard InChI is InChI=1S/C19H24FN3O2/c20-15-6-4-5-14-17(24)9-13(21-19(14)15)10-22-11-16(18(25)12-22)23-7-2-1-3-8-23/h4-6,9,16,18,25H,1-3,7-8,10-12H2,(H,21,24)/t16-,18-/m1/s1. The minimum Gasteiger partial charge on any atom is -0.390 e. The van der Waals surface area contributed by atoms with Gasteiger partial charge in [0, 0.05) is 42.8 Å². The number of fused-ring (bicyclic) bond motifs is 1. The van der Waals surface area contributed by atoms with Crippen molar-refractivity contribution in [2.75, 3.05) is 26.2 Å². The number of hydrogen-bond acceptors (Lipinski definition) is 4. The fraction of sp³-hybridized carbons (Fsp3) is 0.526. The number of nitrogens with zero attached hydrogens (tertiary/aromatic N) is 2. The zero-order valence-electron chi connectivity index (χ0n) is 14.2. The Hall–Kier alpha value is -1.76. The second-order valence-corrected chi connectivity index (χ2v) is 7.25. The topological polar surface area (TPSA) is 59.6 Å². The van der Waals surface area contributed by atoms with E-state index in [0.717, 1.165) is 19.6 Å². The molecule has 2 atom stereocenters. The molecule has 2 saturated heterocycles. The molecule has 1 aromatic carbocycles. The number of aromatic nitrogens is 1. The first-order chi connectivity index (χ1) is 12.1. The molecule has 25 heavy (non-hydrogen) atoms. The van der Waals surface area contributed by atoms with Crippen LogP contribution in [0.5, 0.6) is 0 Å². The van der Waals surface area contributed by atoms with Crippen LogP contribution in [0.1, 0.15) is 25.0 Å². The lowest BCUT2D eigenvalue weighted by atomic mass is 10.1. The van der Waals surface area contributed by atoms with Gasteiger partial charge in [0.05, 0.1) is 11.6 Å². The number of halogens is 1. The monoisotopic (exact) mass is 345 g/mol. The van der Waals surface area contributed by atoms with Gasteiger partial charge < -0.3 is 10.1 Å². The minimum absolute atomic E-state index is 0.157. The van der Waals surface area contributed by atoms with Crippen LogP contribution < -0.4 is 5.43 Å². The van der Waals surface area contributed by atoms with Crippen LogP contribution in [-0.4, -0.2) is 58.2 Å². The largest absolute Gasteiger partial charge is 0.390 e. The molecule has 4 rings (SSSR count). The molecular formula is C19H24FN3O2. The first-order valence-corrected chi connectivity index (χ1v) is 9.07. The van der Waals surface area contributed by atoms with Crippen molar-refractivity contribution in [3.63, 3.8) is 0 Å². The van der Waals surface area contributed by atoms with Crippen molar-refractivity contribution in [1.82, 2.24) is 14.8 Å².